The normalized spacial score (nSPS) is 22.3. The number of ether oxygens (including phenoxy) is 1. The molecule has 6 nitrogen and oxygen atoms in total. The molecule has 1 heterocycles. The number of hydrogen-bond acceptors (Lipinski definition) is 4. The maximum atomic E-state index is 11.7. The number of amides is 1. The Morgan fingerprint density at radius 2 is 1.95 bits per heavy atom. The van der Waals surface area contributed by atoms with Gasteiger partial charge in [-0.2, -0.15) is 0 Å². The molecule has 0 saturated carbocycles. The minimum Gasteiger partial charge on any atom is -0.481 e. The third-order valence-corrected chi connectivity index (χ3v) is 3.07. The van der Waals surface area contributed by atoms with Crippen molar-refractivity contribution < 1.29 is 24.5 Å². The largest absolute Gasteiger partial charge is 0.481 e. The number of rotatable bonds is 3. The highest BCUT2D eigenvalue weighted by atomic mass is 16.6. The van der Waals surface area contributed by atoms with Crippen LogP contribution in [0.2, 0.25) is 0 Å². The molecule has 0 aromatic heterocycles. The molecule has 2 N–H and O–H groups in total. The Hall–Kier alpha value is -2.08. The van der Waals surface area contributed by atoms with Crippen LogP contribution in [-0.2, 0) is 16.1 Å². The maximum Gasteiger partial charge on any atom is 0.410 e. The summed E-state index contributed by atoms with van der Waals surface area (Å²) >= 11 is 0. The third kappa shape index (κ3) is 3.23. The Morgan fingerprint density at radius 1 is 1.26 bits per heavy atom. The number of hydrogen-bond donors (Lipinski definition) is 2. The average Bonchev–Trinajstić information content (AvgIpc) is 2.79. The van der Waals surface area contributed by atoms with Crippen molar-refractivity contribution in [1.29, 1.82) is 0 Å². The van der Waals surface area contributed by atoms with Gasteiger partial charge < -0.3 is 19.8 Å². The summed E-state index contributed by atoms with van der Waals surface area (Å²) in [5.74, 6) is -2.05. The van der Waals surface area contributed by atoms with E-state index in [1.807, 2.05) is 30.3 Å². The van der Waals surface area contributed by atoms with Gasteiger partial charge in [0, 0.05) is 6.54 Å². The molecule has 0 unspecified atom stereocenters. The Bertz CT molecular complexity index is 461. The van der Waals surface area contributed by atoms with E-state index in [0.717, 1.165) is 5.56 Å². The Morgan fingerprint density at radius 3 is 2.53 bits per heavy atom. The van der Waals surface area contributed by atoms with Crippen LogP contribution < -0.4 is 0 Å². The maximum absolute atomic E-state index is 11.7. The van der Waals surface area contributed by atoms with E-state index in [0.29, 0.717) is 0 Å². The van der Waals surface area contributed by atoms with E-state index in [9.17, 15) is 14.7 Å². The van der Waals surface area contributed by atoms with E-state index in [4.69, 9.17) is 9.84 Å². The number of carbonyl (C=O) groups excluding carboxylic acids is 1. The summed E-state index contributed by atoms with van der Waals surface area (Å²) in [6.07, 6.45) is -1.64. The highest BCUT2D eigenvalue weighted by molar-refractivity contribution is 5.74. The number of carbonyl (C=O) groups is 2. The molecule has 1 amide bonds. The molecule has 0 spiro atoms. The summed E-state index contributed by atoms with van der Waals surface area (Å²) in [6, 6.07) is 9.18. The molecular weight excluding hydrogens is 250 g/mol. The highest BCUT2D eigenvalue weighted by Crippen LogP contribution is 2.18. The van der Waals surface area contributed by atoms with Crippen molar-refractivity contribution >= 4 is 12.1 Å². The van der Waals surface area contributed by atoms with Gasteiger partial charge in [0.25, 0.3) is 0 Å². The van der Waals surface area contributed by atoms with Crippen LogP contribution in [0.1, 0.15) is 5.56 Å². The first-order valence-corrected chi connectivity index (χ1v) is 5.94. The van der Waals surface area contributed by atoms with Gasteiger partial charge in [-0.1, -0.05) is 30.3 Å². The minimum atomic E-state index is -1.11. The van der Waals surface area contributed by atoms with E-state index >= 15 is 0 Å². The summed E-state index contributed by atoms with van der Waals surface area (Å²) in [7, 11) is 0. The summed E-state index contributed by atoms with van der Waals surface area (Å²) in [5, 5.41) is 18.4. The third-order valence-electron chi connectivity index (χ3n) is 3.07. The molecule has 0 aliphatic carbocycles. The van der Waals surface area contributed by atoms with E-state index in [1.54, 1.807) is 0 Å². The Labute approximate surface area is 110 Å². The molecular formula is C13H15NO5. The van der Waals surface area contributed by atoms with Crippen molar-refractivity contribution in [2.75, 3.05) is 13.1 Å². The topological polar surface area (TPSA) is 87.1 Å². The molecule has 1 saturated heterocycles. The monoisotopic (exact) mass is 265 g/mol. The predicted molar refractivity (Wildman–Crippen MR) is 65.3 cm³/mol. The van der Waals surface area contributed by atoms with E-state index < -0.39 is 24.1 Å². The summed E-state index contributed by atoms with van der Waals surface area (Å²) in [5.41, 5.74) is 0.852. The van der Waals surface area contributed by atoms with Gasteiger partial charge >= 0.3 is 12.1 Å². The molecule has 0 bridgehead atoms. The number of β-amino-alcohol motifs (C(OH)–C–C–N with tert-alkyl or cyclic N) is 1. The van der Waals surface area contributed by atoms with Crippen LogP contribution in [-0.4, -0.2) is 46.4 Å². The SMILES string of the molecule is O=C(O)[C@H]1CN(C(=O)OCc2ccccc2)C[C@H]1O. The summed E-state index contributed by atoms with van der Waals surface area (Å²) in [4.78, 5) is 23.8. The lowest BCUT2D eigenvalue weighted by Gasteiger charge is -2.15. The lowest BCUT2D eigenvalue weighted by molar-refractivity contribution is -0.143. The van der Waals surface area contributed by atoms with Crippen molar-refractivity contribution in [3.05, 3.63) is 35.9 Å². The number of carboxylic acids is 1. The molecule has 19 heavy (non-hydrogen) atoms. The zero-order chi connectivity index (χ0) is 13.8. The smallest absolute Gasteiger partial charge is 0.410 e. The molecule has 1 fully saturated rings. The second-order valence-electron chi connectivity index (χ2n) is 4.46. The first-order valence-electron chi connectivity index (χ1n) is 5.94. The standard InChI is InChI=1S/C13H15NO5/c15-11-7-14(6-10(11)12(16)17)13(18)19-8-9-4-2-1-3-5-9/h1-5,10-11,15H,6-8H2,(H,16,17)/t10-,11+/m0/s1. The molecule has 1 aliphatic heterocycles. The Balaban J connectivity index is 1.86. The molecule has 1 aromatic carbocycles. The van der Waals surface area contributed by atoms with Gasteiger partial charge in [0.15, 0.2) is 0 Å². The number of aliphatic hydroxyl groups is 1. The summed E-state index contributed by atoms with van der Waals surface area (Å²) in [6.45, 7) is 0.0960. The fourth-order valence-electron chi connectivity index (χ4n) is 1.99. The van der Waals surface area contributed by atoms with Gasteiger partial charge in [-0.3, -0.25) is 4.79 Å². The quantitative estimate of drug-likeness (QED) is 0.840. The van der Waals surface area contributed by atoms with Gasteiger partial charge in [0.2, 0.25) is 0 Å². The van der Waals surface area contributed by atoms with E-state index in [1.165, 1.54) is 4.90 Å². The van der Waals surface area contributed by atoms with Gasteiger partial charge in [0.05, 0.1) is 12.6 Å². The van der Waals surface area contributed by atoms with Crippen LogP contribution in [0, 0.1) is 5.92 Å². The molecule has 2 rings (SSSR count). The fraction of sp³-hybridized carbons (Fsp3) is 0.385. The molecule has 6 heteroatoms. The van der Waals surface area contributed by atoms with E-state index in [2.05, 4.69) is 0 Å². The Kier molecular flexibility index (Phi) is 4.01. The van der Waals surface area contributed by atoms with Crippen molar-refractivity contribution in [1.82, 2.24) is 4.90 Å². The highest BCUT2D eigenvalue weighted by Gasteiger charge is 2.39. The lowest BCUT2D eigenvalue weighted by atomic mass is 10.1. The number of aliphatic hydroxyl groups excluding tert-OH is 1. The number of benzene rings is 1. The lowest BCUT2D eigenvalue weighted by Crippen LogP contribution is -2.30. The molecule has 1 aromatic rings. The second kappa shape index (κ2) is 5.71. The first-order chi connectivity index (χ1) is 9.08. The fourth-order valence-corrected chi connectivity index (χ4v) is 1.99. The average molecular weight is 265 g/mol. The zero-order valence-corrected chi connectivity index (χ0v) is 10.2. The number of carboxylic acid groups (broad SMARTS) is 1. The predicted octanol–water partition coefficient (Wildman–Crippen LogP) is 0.701. The van der Waals surface area contributed by atoms with E-state index in [-0.39, 0.29) is 19.7 Å². The molecule has 1 aliphatic rings. The van der Waals surface area contributed by atoms with Crippen molar-refractivity contribution in [2.24, 2.45) is 5.92 Å². The van der Waals surface area contributed by atoms with Gasteiger partial charge in [-0.05, 0) is 5.56 Å². The van der Waals surface area contributed by atoms with Crippen LogP contribution in [0.4, 0.5) is 4.79 Å². The minimum absolute atomic E-state index is 0.00934. The molecule has 102 valence electrons. The van der Waals surface area contributed by atoms with Crippen LogP contribution in [0.25, 0.3) is 0 Å². The number of likely N-dealkylation sites (tertiary alicyclic amines) is 1. The van der Waals surface area contributed by atoms with Crippen LogP contribution in [0.3, 0.4) is 0 Å². The van der Waals surface area contributed by atoms with Crippen LogP contribution >= 0.6 is 0 Å². The zero-order valence-electron chi connectivity index (χ0n) is 10.2. The summed E-state index contributed by atoms with van der Waals surface area (Å²) < 4.78 is 5.07. The van der Waals surface area contributed by atoms with Crippen molar-refractivity contribution in [2.45, 2.75) is 12.7 Å². The number of aliphatic carboxylic acids is 1. The molecule has 2 atom stereocenters. The van der Waals surface area contributed by atoms with Crippen molar-refractivity contribution in [3.63, 3.8) is 0 Å². The first kappa shape index (κ1) is 13.4. The molecule has 0 radical (unpaired) electrons. The van der Waals surface area contributed by atoms with Gasteiger partial charge in [0.1, 0.15) is 12.5 Å². The number of nitrogens with zero attached hydrogens (tertiary/aromatic N) is 1. The van der Waals surface area contributed by atoms with Crippen LogP contribution in [0.5, 0.6) is 0 Å². The second-order valence-corrected chi connectivity index (χ2v) is 4.46. The van der Waals surface area contributed by atoms with Gasteiger partial charge in [-0.15, -0.1) is 0 Å². The van der Waals surface area contributed by atoms with Crippen molar-refractivity contribution in [3.8, 4) is 0 Å². The van der Waals surface area contributed by atoms with Gasteiger partial charge in [-0.25, -0.2) is 4.79 Å². The van der Waals surface area contributed by atoms with Crippen LogP contribution in [0.15, 0.2) is 30.3 Å².